The quantitative estimate of drug-likeness (QED) is 0.350. The zero-order valence-electron chi connectivity index (χ0n) is 16.2. The van der Waals surface area contributed by atoms with Crippen molar-refractivity contribution >= 4 is 51.6 Å². The fraction of sp³-hybridized carbons (Fsp3) is 0.611. The van der Waals surface area contributed by atoms with Gasteiger partial charge in [-0.2, -0.15) is 0 Å². The van der Waals surface area contributed by atoms with E-state index in [2.05, 4.69) is 10.2 Å². The molecule has 0 spiro atoms. The number of benzene rings is 1. The van der Waals surface area contributed by atoms with Crippen molar-refractivity contribution in [1.29, 1.82) is 0 Å². The highest BCUT2D eigenvalue weighted by atomic mass is 127. The van der Waals surface area contributed by atoms with Gasteiger partial charge in [0.2, 0.25) is 10.0 Å². The van der Waals surface area contributed by atoms with E-state index < -0.39 is 10.0 Å². The van der Waals surface area contributed by atoms with E-state index in [9.17, 15) is 8.42 Å². The van der Waals surface area contributed by atoms with Crippen LogP contribution in [0.2, 0.25) is 5.02 Å². The molecule has 0 amide bonds. The molecule has 0 saturated carbocycles. The van der Waals surface area contributed by atoms with Crippen LogP contribution in [0.25, 0.3) is 0 Å². The molecule has 1 heterocycles. The van der Waals surface area contributed by atoms with Crippen LogP contribution >= 0.6 is 35.6 Å². The highest BCUT2D eigenvalue weighted by molar-refractivity contribution is 14.0. The fourth-order valence-corrected chi connectivity index (χ4v) is 4.18. The Morgan fingerprint density at radius 1 is 1.37 bits per heavy atom. The van der Waals surface area contributed by atoms with E-state index in [0.29, 0.717) is 25.6 Å². The summed E-state index contributed by atoms with van der Waals surface area (Å²) in [5, 5.41) is 4.06. The van der Waals surface area contributed by atoms with Gasteiger partial charge in [-0.25, -0.2) is 12.7 Å². The Balaban J connectivity index is 0.00000364. The first-order chi connectivity index (χ1) is 12.3. The van der Waals surface area contributed by atoms with Gasteiger partial charge >= 0.3 is 0 Å². The molecule has 0 bridgehead atoms. The molecule has 0 unspecified atom stereocenters. The standard InChI is InChI=1S/C18H29ClN4O2S.HI/c1-4-20-18(22(2)14-16-6-5-7-17(19)12-16)21-13-15-8-10-23(11-9-15)26(3,24)25;/h5-7,12,15H,4,8-11,13-14H2,1-3H3,(H,20,21);1H. The normalized spacial score (nSPS) is 16.7. The predicted molar refractivity (Wildman–Crippen MR) is 123 cm³/mol. The van der Waals surface area contributed by atoms with Crippen LogP contribution in [0.1, 0.15) is 25.3 Å². The third-order valence-corrected chi connectivity index (χ3v) is 6.09. The summed E-state index contributed by atoms with van der Waals surface area (Å²) < 4.78 is 24.8. The number of hydrogen-bond acceptors (Lipinski definition) is 3. The molecule has 0 aliphatic carbocycles. The fourth-order valence-electron chi connectivity index (χ4n) is 3.09. The molecular formula is C18H30ClIN4O2S. The summed E-state index contributed by atoms with van der Waals surface area (Å²) in [5.74, 6) is 1.28. The topological polar surface area (TPSA) is 65.0 Å². The monoisotopic (exact) mass is 528 g/mol. The van der Waals surface area contributed by atoms with Crippen LogP contribution in [0.5, 0.6) is 0 Å². The van der Waals surface area contributed by atoms with Gasteiger partial charge in [-0.05, 0) is 43.4 Å². The molecule has 154 valence electrons. The van der Waals surface area contributed by atoms with Gasteiger partial charge in [-0.15, -0.1) is 24.0 Å². The maximum atomic E-state index is 11.6. The SMILES string of the molecule is CCNC(=NCC1CCN(S(C)(=O)=O)CC1)N(C)Cc1cccc(Cl)c1.I. The second-order valence-electron chi connectivity index (χ2n) is 6.79. The number of nitrogens with one attached hydrogen (secondary N) is 1. The lowest BCUT2D eigenvalue weighted by atomic mass is 9.98. The third-order valence-electron chi connectivity index (χ3n) is 4.55. The lowest BCUT2D eigenvalue weighted by Crippen LogP contribution is -2.40. The molecule has 1 aromatic rings. The van der Waals surface area contributed by atoms with E-state index in [1.807, 2.05) is 38.2 Å². The maximum absolute atomic E-state index is 11.6. The number of piperidine rings is 1. The average molecular weight is 529 g/mol. The summed E-state index contributed by atoms with van der Waals surface area (Å²) in [5.41, 5.74) is 1.13. The molecule has 1 aliphatic rings. The number of aliphatic imine (C=N–C) groups is 1. The van der Waals surface area contributed by atoms with Crippen molar-refractivity contribution in [2.75, 3.05) is 39.5 Å². The Kier molecular flexibility index (Phi) is 10.4. The zero-order chi connectivity index (χ0) is 19.2. The Labute approximate surface area is 185 Å². The Bertz CT molecular complexity index is 722. The summed E-state index contributed by atoms with van der Waals surface area (Å²) in [6, 6.07) is 7.83. The van der Waals surface area contributed by atoms with Crippen molar-refractivity contribution in [2.45, 2.75) is 26.3 Å². The van der Waals surface area contributed by atoms with Crippen LogP contribution in [0.3, 0.4) is 0 Å². The third kappa shape index (κ3) is 8.13. The Morgan fingerprint density at radius 2 is 2.04 bits per heavy atom. The van der Waals surface area contributed by atoms with Crippen molar-refractivity contribution in [3.05, 3.63) is 34.9 Å². The molecule has 27 heavy (non-hydrogen) atoms. The number of hydrogen-bond donors (Lipinski definition) is 1. The zero-order valence-corrected chi connectivity index (χ0v) is 20.1. The van der Waals surface area contributed by atoms with E-state index in [-0.39, 0.29) is 24.0 Å². The molecular weight excluding hydrogens is 499 g/mol. The van der Waals surface area contributed by atoms with Gasteiger partial charge in [0.1, 0.15) is 0 Å². The van der Waals surface area contributed by atoms with E-state index in [4.69, 9.17) is 16.6 Å². The van der Waals surface area contributed by atoms with Crippen LogP contribution in [-0.2, 0) is 16.6 Å². The molecule has 1 N–H and O–H groups in total. The van der Waals surface area contributed by atoms with Crippen LogP contribution in [0, 0.1) is 5.92 Å². The highest BCUT2D eigenvalue weighted by Crippen LogP contribution is 2.19. The Hall–Kier alpha value is -0.580. The molecule has 1 fully saturated rings. The van der Waals surface area contributed by atoms with Crippen LogP contribution in [-0.4, -0.2) is 63.1 Å². The molecule has 1 saturated heterocycles. The van der Waals surface area contributed by atoms with Gasteiger partial charge in [0.25, 0.3) is 0 Å². The number of sulfonamides is 1. The van der Waals surface area contributed by atoms with Gasteiger partial charge in [-0.3, -0.25) is 4.99 Å². The lowest BCUT2D eigenvalue weighted by molar-refractivity contribution is 0.279. The first-order valence-corrected chi connectivity index (χ1v) is 11.2. The van der Waals surface area contributed by atoms with Gasteiger partial charge in [0.05, 0.1) is 6.26 Å². The number of guanidine groups is 1. The van der Waals surface area contributed by atoms with Gasteiger partial charge in [0, 0.05) is 44.8 Å². The first-order valence-electron chi connectivity index (χ1n) is 8.98. The van der Waals surface area contributed by atoms with E-state index in [1.54, 1.807) is 4.31 Å². The summed E-state index contributed by atoms with van der Waals surface area (Å²) in [7, 11) is -1.07. The summed E-state index contributed by atoms with van der Waals surface area (Å²) >= 11 is 6.06. The van der Waals surface area contributed by atoms with E-state index >= 15 is 0 Å². The molecule has 0 radical (unpaired) electrons. The van der Waals surface area contributed by atoms with Gasteiger partial charge in [0.15, 0.2) is 5.96 Å². The molecule has 6 nitrogen and oxygen atoms in total. The summed E-state index contributed by atoms with van der Waals surface area (Å²) in [6.07, 6.45) is 2.99. The van der Waals surface area contributed by atoms with Crippen molar-refractivity contribution in [3.63, 3.8) is 0 Å². The smallest absolute Gasteiger partial charge is 0.211 e. The van der Waals surface area contributed by atoms with Crippen molar-refractivity contribution in [2.24, 2.45) is 10.9 Å². The molecule has 1 aliphatic heterocycles. The van der Waals surface area contributed by atoms with Gasteiger partial charge in [-0.1, -0.05) is 23.7 Å². The maximum Gasteiger partial charge on any atom is 0.211 e. The van der Waals surface area contributed by atoms with Crippen LogP contribution < -0.4 is 5.32 Å². The van der Waals surface area contributed by atoms with E-state index in [1.165, 1.54) is 6.26 Å². The molecule has 0 aromatic heterocycles. The molecule has 1 aromatic carbocycles. The predicted octanol–water partition coefficient (Wildman–Crippen LogP) is 3.03. The molecule has 0 atom stereocenters. The second kappa shape index (κ2) is 11.4. The number of halogens is 2. The lowest BCUT2D eigenvalue weighted by Gasteiger charge is -2.30. The highest BCUT2D eigenvalue weighted by Gasteiger charge is 2.24. The van der Waals surface area contributed by atoms with Crippen molar-refractivity contribution in [1.82, 2.24) is 14.5 Å². The minimum absolute atomic E-state index is 0. The molecule has 2 rings (SSSR count). The summed E-state index contributed by atoms with van der Waals surface area (Å²) in [4.78, 5) is 6.86. The second-order valence-corrected chi connectivity index (χ2v) is 9.20. The molecule has 9 heteroatoms. The van der Waals surface area contributed by atoms with Gasteiger partial charge < -0.3 is 10.2 Å². The van der Waals surface area contributed by atoms with E-state index in [0.717, 1.165) is 42.5 Å². The number of nitrogens with zero attached hydrogens (tertiary/aromatic N) is 3. The summed E-state index contributed by atoms with van der Waals surface area (Å²) in [6.45, 7) is 5.46. The minimum Gasteiger partial charge on any atom is -0.357 e. The number of rotatable bonds is 6. The van der Waals surface area contributed by atoms with Crippen molar-refractivity contribution < 1.29 is 8.42 Å². The van der Waals surface area contributed by atoms with Crippen LogP contribution in [0.15, 0.2) is 29.3 Å². The van der Waals surface area contributed by atoms with Crippen LogP contribution in [0.4, 0.5) is 0 Å². The first kappa shape index (κ1) is 24.5. The van der Waals surface area contributed by atoms with Crippen molar-refractivity contribution in [3.8, 4) is 0 Å². The largest absolute Gasteiger partial charge is 0.357 e. The Morgan fingerprint density at radius 3 is 2.59 bits per heavy atom. The minimum atomic E-state index is -3.07. The average Bonchev–Trinajstić information content (AvgIpc) is 2.58.